The van der Waals surface area contributed by atoms with Gasteiger partial charge < -0.3 is 39.8 Å². The number of rotatable bonds is 13. The van der Waals surface area contributed by atoms with Gasteiger partial charge in [0.1, 0.15) is 18.5 Å². The van der Waals surface area contributed by atoms with E-state index in [4.69, 9.17) is 9.47 Å². The summed E-state index contributed by atoms with van der Waals surface area (Å²) in [5, 5.41) is 41.9. The summed E-state index contributed by atoms with van der Waals surface area (Å²) in [6.45, 7) is 2.96. The highest BCUT2D eigenvalue weighted by molar-refractivity contribution is 6.06. The van der Waals surface area contributed by atoms with E-state index in [1.165, 1.54) is 0 Å². The Balaban J connectivity index is 1.82. The minimum absolute atomic E-state index is 0.00936. The molecule has 0 saturated carbocycles. The van der Waals surface area contributed by atoms with E-state index in [9.17, 15) is 25.2 Å². The second kappa shape index (κ2) is 12.1. The first-order valence-electron chi connectivity index (χ1n) is 11.6. The van der Waals surface area contributed by atoms with Crippen LogP contribution in [0.2, 0.25) is 0 Å². The van der Waals surface area contributed by atoms with Gasteiger partial charge in [-0.3, -0.25) is 0 Å². The molecule has 0 amide bonds. The van der Waals surface area contributed by atoms with Gasteiger partial charge in [-0.1, -0.05) is 30.3 Å². The van der Waals surface area contributed by atoms with Crippen LogP contribution in [-0.4, -0.2) is 82.2 Å². The number of nitrogens with zero attached hydrogens (tertiary/aromatic N) is 1. The van der Waals surface area contributed by atoms with E-state index in [2.05, 4.69) is 9.88 Å². The summed E-state index contributed by atoms with van der Waals surface area (Å²) >= 11 is 0. The SMILES string of the molecule is CCOC(=O)c1c(C)n(Cc2ccccc2)c2ccc(OC[C@@H](O)CNC(CO)(CO)CO)cc12. The first kappa shape index (κ1) is 26.7. The van der Waals surface area contributed by atoms with Crippen molar-refractivity contribution in [1.82, 2.24) is 9.88 Å². The summed E-state index contributed by atoms with van der Waals surface area (Å²) in [7, 11) is 0. The summed E-state index contributed by atoms with van der Waals surface area (Å²) in [6, 6.07) is 15.4. The fourth-order valence-corrected chi connectivity index (χ4v) is 3.89. The smallest absolute Gasteiger partial charge is 0.340 e. The maximum atomic E-state index is 12.8. The summed E-state index contributed by atoms with van der Waals surface area (Å²) in [4.78, 5) is 12.8. The predicted octanol–water partition coefficient (Wildman–Crippen LogP) is 1.22. The number of carbonyl (C=O) groups is 1. The van der Waals surface area contributed by atoms with Crippen LogP contribution in [0.15, 0.2) is 48.5 Å². The minimum atomic E-state index is -1.28. The molecule has 0 bridgehead atoms. The molecule has 0 aliphatic rings. The van der Waals surface area contributed by atoms with Crippen LogP contribution < -0.4 is 10.1 Å². The molecule has 190 valence electrons. The summed E-state index contributed by atoms with van der Waals surface area (Å²) < 4.78 is 13.1. The molecule has 9 nitrogen and oxygen atoms in total. The average Bonchev–Trinajstić information content (AvgIpc) is 3.15. The van der Waals surface area contributed by atoms with E-state index in [1.807, 2.05) is 43.3 Å². The molecule has 1 atom stereocenters. The summed E-state index contributed by atoms with van der Waals surface area (Å²) in [6.07, 6.45) is -0.969. The topological polar surface area (TPSA) is 133 Å². The molecule has 3 aromatic rings. The van der Waals surface area contributed by atoms with Crippen molar-refractivity contribution in [3.8, 4) is 5.75 Å². The number of ether oxygens (including phenoxy) is 2. The fourth-order valence-electron chi connectivity index (χ4n) is 3.89. The number of aliphatic hydroxyl groups is 4. The van der Waals surface area contributed by atoms with Gasteiger partial charge in [0.05, 0.1) is 37.5 Å². The lowest BCUT2D eigenvalue weighted by atomic mass is 10.0. The van der Waals surface area contributed by atoms with Gasteiger partial charge in [-0.25, -0.2) is 4.79 Å². The highest BCUT2D eigenvalue weighted by Crippen LogP contribution is 2.31. The third kappa shape index (κ3) is 6.19. The third-order valence-electron chi connectivity index (χ3n) is 6.02. The molecule has 0 aliphatic carbocycles. The largest absolute Gasteiger partial charge is 0.491 e. The summed E-state index contributed by atoms with van der Waals surface area (Å²) in [5.74, 6) is 0.0632. The maximum Gasteiger partial charge on any atom is 0.340 e. The van der Waals surface area contributed by atoms with E-state index < -0.39 is 37.4 Å². The summed E-state index contributed by atoms with van der Waals surface area (Å²) in [5.41, 5.74) is 1.94. The molecule has 1 aromatic heterocycles. The molecule has 9 heteroatoms. The molecule has 35 heavy (non-hydrogen) atoms. The van der Waals surface area contributed by atoms with Crippen LogP contribution in [-0.2, 0) is 11.3 Å². The van der Waals surface area contributed by atoms with Gasteiger partial charge in [-0.2, -0.15) is 0 Å². The number of aliphatic hydroxyl groups excluding tert-OH is 4. The van der Waals surface area contributed by atoms with Crippen molar-refractivity contribution in [2.45, 2.75) is 32.0 Å². The lowest BCUT2D eigenvalue weighted by Gasteiger charge is -2.29. The van der Waals surface area contributed by atoms with Crippen LogP contribution in [0.5, 0.6) is 5.75 Å². The molecule has 0 aliphatic heterocycles. The second-order valence-electron chi connectivity index (χ2n) is 8.53. The van der Waals surface area contributed by atoms with Crippen LogP contribution >= 0.6 is 0 Å². The van der Waals surface area contributed by atoms with Crippen LogP contribution in [0, 0.1) is 6.92 Å². The predicted molar refractivity (Wildman–Crippen MR) is 132 cm³/mol. The van der Waals surface area contributed by atoms with Gasteiger partial charge >= 0.3 is 5.97 Å². The van der Waals surface area contributed by atoms with Crippen molar-refractivity contribution in [2.75, 3.05) is 39.6 Å². The van der Waals surface area contributed by atoms with Crippen molar-refractivity contribution in [3.05, 3.63) is 65.4 Å². The van der Waals surface area contributed by atoms with Crippen molar-refractivity contribution in [3.63, 3.8) is 0 Å². The van der Waals surface area contributed by atoms with Gasteiger partial charge in [0.2, 0.25) is 0 Å². The number of carbonyl (C=O) groups excluding carboxylic acids is 1. The molecule has 0 saturated heterocycles. The van der Waals surface area contributed by atoms with Crippen molar-refractivity contribution in [2.24, 2.45) is 0 Å². The van der Waals surface area contributed by atoms with Crippen LogP contribution in [0.3, 0.4) is 0 Å². The average molecular weight is 487 g/mol. The zero-order valence-electron chi connectivity index (χ0n) is 20.1. The van der Waals surface area contributed by atoms with Gasteiger partial charge in [0.25, 0.3) is 0 Å². The monoisotopic (exact) mass is 486 g/mol. The van der Waals surface area contributed by atoms with E-state index >= 15 is 0 Å². The van der Waals surface area contributed by atoms with Gasteiger partial charge in [0.15, 0.2) is 0 Å². The Morgan fingerprint density at radius 1 is 1.09 bits per heavy atom. The molecule has 0 radical (unpaired) electrons. The molecule has 1 heterocycles. The number of hydrogen-bond acceptors (Lipinski definition) is 8. The normalized spacial score (nSPS) is 12.6. The number of esters is 1. The molecule has 0 unspecified atom stereocenters. The Morgan fingerprint density at radius 3 is 2.40 bits per heavy atom. The van der Waals surface area contributed by atoms with Crippen molar-refractivity contribution >= 4 is 16.9 Å². The zero-order valence-corrected chi connectivity index (χ0v) is 20.1. The highest BCUT2D eigenvalue weighted by Gasteiger charge is 2.28. The number of aromatic nitrogens is 1. The molecule has 0 spiro atoms. The third-order valence-corrected chi connectivity index (χ3v) is 6.02. The van der Waals surface area contributed by atoms with Gasteiger partial charge in [-0.05, 0) is 37.6 Å². The van der Waals surface area contributed by atoms with E-state index in [0.29, 0.717) is 23.2 Å². The lowest BCUT2D eigenvalue weighted by Crippen LogP contribution is -2.57. The van der Waals surface area contributed by atoms with Crippen molar-refractivity contribution in [1.29, 1.82) is 0 Å². The number of benzene rings is 2. The maximum absolute atomic E-state index is 12.8. The van der Waals surface area contributed by atoms with E-state index in [-0.39, 0.29) is 19.8 Å². The molecule has 2 aromatic carbocycles. The fraction of sp³-hybridized carbons (Fsp3) is 0.423. The quantitative estimate of drug-likeness (QED) is 0.228. The molecule has 0 fully saturated rings. The standard InChI is InChI=1S/C26H34N2O7/c1-3-34-25(33)24-18(2)28(13-19-7-5-4-6-8-19)23-10-9-21(11-22(23)24)35-14-20(32)12-27-26(15-29,16-30)17-31/h4-11,20,27,29-32H,3,12-17H2,1-2H3/t20-/m0/s1. The Labute approximate surface area is 204 Å². The highest BCUT2D eigenvalue weighted by atomic mass is 16.5. The second-order valence-corrected chi connectivity index (χ2v) is 8.53. The molecule has 5 N–H and O–H groups in total. The van der Waals surface area contributed by atoms with Crippen LogP contribution in [0.1, 0.15) is 28.5 Å². The van der Waals surface area contributed by atoms with Crippen LogP contribution in [0.25, 0.3) is 10.9 Å². The van der Waals surface area contributed by atoms with E-state index in [1.54, 1.807) is 19.1 Å². The Kier molecular flexibility index (Phi) is 9.25. The first-order chi connectivity index (χ1) is 16.9. The molecular weight excluding hydrogens is 452 g/mol. The first-order valence-corrected chi connectivity index (χ1v) is 11.6. The van der Waals surface area contributed by atoms with Gasteiger partial charge in [0, 0.05) is 29.7 Å². The Morgan fingerprint density at radius 2 is 1.77 bits per heavy atom. The Bertz CT molecular complexity index is 1100. The molecule has 3 rings (SSSR count). The lowest BCUT2D eigenvalue weighted by molar-refractivity contribution is 0.0260. The number of hydrogen-bond donors (Lipinski definition) is 5. The van der Waals surface area contributed by atoms with Gasteiger partial charge in [-0.15, -0.1) is 0 Å². The van der Waals surface area contributed by atoms with E-state index in [0.717, 1.165) is 16.8 Å². The minimum Gasteiger partial charge on any atom is -0.491 e. The zero-order chi connectivity index (χ0) is 25.4. The Hall–Kier alpha value is -2.95. The number of nitrogens with one attached hydrogen (secondary N) is 1. The van der Waals surface area contributed by atoms with Crippen LogP contribution in [0.4, 0.5) is 0 Å². The molecular formula is C26H34N2O7. The number of fused-ring (bicyclic) bond motifs is 1. The number of β-amino-alcohol motifs (C(OH)–C–C–N with tert-alkyl or cyclic N) is 1. The van der Waals surface area contributed by atoms with Crippen molar-refractivity contribution < 1.29 is 34.7 Å².